The number of hydrogen-bond donors (Lipinski definition) is 3. The molecule has 0 saturated carbocycles. The van der Waals surface area contributed by atoms with Crippen LogP contribution in [0.5, 0.6) is 0 Å². The number of urea groups is 1. The van der Waals surface area contributed by atoms with Gasteiger partial charge in [0.15, 0.2) is 0 Å². The van der Waals surface area contributed by atoms with E-state index >= 15 is 0 Å². The maximum atomic E-state index is 13.5. The van der Waals surface area contributed by atoms with Gasteiger partial charge >= 0.3 is 6.03 Å². The topological polar surface area (TPSA) is 122 Å². The van der Waals surface area contributed by atoms with Crippen molar-refractivity contribution in [1.29, 1.82) is 0 Å². The molecule has 0 bridgehead atoms. The number of carbonyl (C=O) groups excluding carboxylic acids is 4. The highest BCUT2D eigenvalue weighted by Crippen LogP contribution is 2.39. The molecule has 1 aromatic heterocycles. The molecule has 2 aromatic rings. The van der Waals surface area contributed by atoms with Crippen LogP contribution in [0.3, 0.4) is 0 Å². The van der Waals surface area contributed by atoms with Crippen LogP contribution in [0.2, 0.25) is 0 Å². The predicted molar refractivity (Wildman–Crippen MR) is 121 cm³/mol. The van der Waals surface area contributed by atoms with Crippen LogP contribution in [0, 0.1) is 5.82 Å². The second-order valence-corrected chi connectivity index (χ2v) is 9.42. The Morgan fingerprint density at radius 1 is 1.24 bits per heavy atom. The molecule has 1 aliphatic carbocycles. The number of halogens is 1. The SMILES string of the molecule is CCCC[C@]1(c2ccc(F)cc2)NC(=O)N(CC(=O)Nc2sc3c(c2C(N)=O)CCC3)C1=O. The Kier molecular flexibility index (Phi) is 6.20. The largest absolute Gasteiger partial charge is 0.365 e. The van der Waals surface area contributed by atoms with Gasteiger partial charge in [-0.1, -0.05) is 31.9 Å². The van der Waals surface area contributed by atoms with E-state index in [-0.39, 0.29) is 0 Å². The van der Waals surface area contributed by atoms with Gasteiger partial charge in [0.05, 0.1) is 5.56 Å². The number of thiophene rings is 1. The van der Waals surface area contributed by atoms with Crippen molar-refractivity contribution in [2.45, 2.75) is 51.0 Å². The predicted octanol–water partition coefficient (Wildman–Crippen LogP) is 3.05. The zero-order valence-electron chi connectivity index (χ0n) is 18.2. The fourth-order valence-corrected chi connectivity index (χ4v) is 5.83. The van der Waals surface area contributed by atoms with Crippen molar-refractivity contribution < 1.29 is 23.6 Å². The molecule has 0 spiro atoms. The number of primary amides is 1. The Morgan fingerprint density at radius 2 is 1.97 bits per heavy atom. The van der Waals surface area contributed by atoms with Gasteiger partial charge in [-0.15, -0.1) is 11.3 Å². The van der Waals surface area contributed by atoms with Gasteiger partial charge in [0.25, 0.3) is 11.8 Å². The number of nitrogens with zero attached hydrogens (tertiary/aromatic N) is 1. The number of unbranched alkanes of at least 4 members (excludes halogenated alkanes) is 1. The Balaban J connectivity index is 1.56. The number of carbonyl (C=O) groups is 4. The first-order valence-electron chi connectivity index (χ1n) is 10.9. The molecule has 4 rings (SSSR count). The minimum absolute atomic E-state index is 0.307. The first kappa shape index (κ1) is 22.9. The van der Waals surface area contributed by atoms with Crippen molar-refractivity contribution in [3.8, 4) is 0 Å². The highest BCUT2D eigenvalue weighted by molar-refractivity contribution is 7.17. The van der Waals surface area contributed by atoms with E-state index in [2.05, 4.69) is 10.6 Å². The third kappa shape index (κ3) is 4.10. The highest BCUT2D eigenvalue weighted by atomic mass is 32.1. The molecule has 10 heteroatoms. The molecule has 1 fully saturated rings. The summed E-state index contributed by atoms with van der Waals surface area (Å²) < 4.78 is 13.5. The van der Waals surface area contributed by atoms with Crippen LogP contribution >= 0.6 is 11.3 Å². The van der Waals surface area contributed by atoms with Crippen LogP contribution in [-0.4, -0.2) is 35.2 Å². The van der Waals surface area contributed by atoms with E-state index in [4.69, 9.17) is 5.73 Å². The van der Waals surface area contributed by atoms with Gasteiger partial charge in [0.1, 0.15) is 22.9 Å². The lowest BCUT2D eigenvalue weighted by molar-refractivity contribution is -0.134. The number of nitrogens with two attached hydrogens (primary N) is 1. The number of aryl methyl sites for hydroxylation is 1. The summed E-state index contributed by atoms with van der Waals surface area (Å²) in [7, 11) is 0. The van der Waals surface area contributed by atoms with Gasteiger partial charge in [-0.2, -0.15) is 0 Å². The van der Waals surface area contributed by atoms with Crippen molar-refractivity contribution >= 4 is 40.1 Å². The van der Waals surface area contributed by atoms with E-state index in [0.29, 0.717) is 29.0 Å². The third-order valence-electron chi connectivity index (χ3n) is 6.14. The molecule has 1 atom stereocenters. The van der Waals surface area contributed by atoms with E-state index in [1.54, 1.807) is 0 Å². The minimum atomic E-state index is -1.36. The summed E-state index contributed by atoms with van der Waals surface area (Å²) in [5, 5.41) is 5.74. The van der Waals surface area contributed by atoms with Crippen molar-refractivity contribution in [2.75, 3.05) is 11.9 Å². The normalized spacial score (nSPS) is 19.5. The van der Waals surface area contributed by atoms with Crippen molar-refractivity contribution in [2.24, 2.45) is 5.73 Å². The Morgan fingerprint density at radius 3 is 2.64 bits per heavy atom. The first-order valence-corrected chi connectivity index (χ1v) is 11.7. The Bertz CT molecular complexity index is 1130. The quantitative estimate of drug-likeness (QED) is 0.511. The Labute approximate surface area is 194 Å². The number of hydrogen-bond acceptors (Lipinski definition) is 5. The third-order valence-corrected chi connectivity index (χ3v) is 7.35. The molecule has 1 aromatic carbocycles. The highest BCUT2D eigenvalue weighted by Gasteiger charge is 2.52. The number of benzene rings is 1. The smallest absolute Gasteiger partial charge is 0.325 e. The second-order valence-electron chi connectivity index (χ2n) is 8.31. The summed E-state index contributed by atoms with van der Waals surface area (Å²) in [5.74, 6) is -2.24. The van der Waals surface area contributed by atoms with E-state index < -0.39 is 41.7 Å². The van der Waals surface area contributed by atoms with Gasteiger partial charge < -0.3 is 16.4 Å². The first-order chi connectivity index (χ1) is 15.8. The zero-order valence-corrected chi connectivity index (χ0v) is 19.0. The van der Waals surface area contributed by atoms with Crippen LogP contribution in [0.15, 0.2) is 24.3 Å². The molecule has 1 aliphatic heterocycles. The molecule has 1 saturated heterocycles. The summed E-state index contributed by atoms with van der Waals surface area (Å²) in [4.78, 5) is 52.8. The van der Waals surface area contributed by atoms with Crippen LogP contribution < -0.4 is 16.4 Å². The summed E-state index contributed by atoms with van der Waals surface area (Å²) in [5.41, 5.74) is 5.81. The van der Waals surface area contributed by atoms with E-state index in [0.717, 1.165) is 41.0 Å². The number of nitrogens with one attached hydrogen (secondary N) is 2. The fraction of sp³-hybridized carbons (Fsp3) is 0.391. The van der Waals surface area contributed by atoms with Crippen molar-refractivity contribution in [3.63, 3.8) is 0 Å². The molecule has 2 heterocycles. The lowest BCUT2D eigenvalue weighted by Crippen LogP contribution is -2.44. The average Bonchev–Trinajstić information content (AvgIpc) is 3.41. The van der Waals surface area contributed by atoms with Gasteiger partial charge in [0, 0.05) is 4.88 Å². The monoisotopic (exact) mass is 472 g/mol. The van der Waals surface area contributed by atoms with Crippen LogP contribution in [0.25, 0.3) is 0 Å². The molecular weight excluding hydrogens is 447 g/mol. The standard InChI is InChI=1S/C23H25FN4O4S/c1-2-3-11-23(13-7-9-14(24)10-8-13)21(31)28(22(32)27-23)12-17(29)26-20-18(19(25)30)15-5-4-6-16(15)33-20/h7-10H,2-6,11-12H2,1H3,(H2,25,30)(H,26,29)(H,27,32)/t23-/m1/s1. The van der Waals surface area contributed by atoms with E-state index in [1.165, 1.54) is 35.6 Å². The maximum Gasteiger partial charge on any atom is 0.325 e. The summed E-state index contributed by atoms with van der Waals surface area (Å²) in [6, 6.07) is 4.72. The summed E-state index contributed by atoms with van der Waals surface area (Å²) >= 11 is 1.30. The van der Waals surface area contributed by atoms with Crippen molar-refractivity contribution in [1.82, 2.24) is 10.2 Å². The van der Waals surface area contributed by atoms with E-state index in [1.807, 2.05) is 6.92 Å². The van der Waals surface area contributed by atoms with Crippen LogP contribution in [0.1, 0.15) is 59.0 Å². The molecule has 0 radical (unpaired) electrons. The van der Waals surface area contributed by atoms with Gasteiger partial charge in [-0.3, -0.25) is 19.3 Å². The minimum Gasteiger partial charge on any atom is -0.365 e. The molecule has 4 N–H and O–H groups in total. The molecular formula is C23H25FN4O4S. The lowest BCUT2D eigenvalue weighted by Gasteiger charge is -2.27. The molecule has 174 valence electrons. The van der Waals surface area contributed by atoms with Crippen molar-refractivity contribution in [3.05, 3.63) is 51.7 Å². The Hall–Kier alpha value is -3.27. The molecule has 8 nitrogen and oxygen atoms in total. The number of imide groups is 1. The molecule has 33 heavy (non-hydrogen) atoms. The molecule has 0 unspecified atom stereocenters. The fourth-order valence-electron chi connectivity index (χ4n) is 4.52. The number of anilines is 1. The summed E-state index contributed by atoms with van der Waals surface area (Å²) in [6.45, 7) is 1.44. The van der Waals surface area contributed by atoms with Gasteiger partial charge in [-0.25, -0.2) is 9.18 Å². The summed E-state index contributed by atoms with van der Waals surface area (Å²) in [6.07, 6.45) is 4.23. The van der Waals surface area contributed by atoms with E-state index in [9.17, 15) is 23.6 Å². The second kappa shape index (κ2) is 8.93. The van der Waals surface area contributed by atoms with Gasteiger partial charge in [-0.05, 0) is 48.9 Å². The molecule has 2 aliphatic rings. The maximum absolute atomic E-state index is 13.5. The molecule has 5 amide bonds. The van der Waals surface area contributed by atoms with Crippen LogP contribution in [-0.2, 0) is 28.0 Å². The lowest BCUT2D eigenvalue weighted by atomic mass is 9.85. The van der Waals surface area contributed by atoms with Crippen LogP contribution in [0.4, 0.5) is 14.2 Å². The number of rotatable bonds is 8. The zero-order chi connectivity index (χ0) is 23.8. The van der Waals surface area contributed by atoms with Gasteiger partial charge in [0.2, 0.25) is 5.91 Å². The average molecular weight is 473 g/mol. The number of amides is 5. The number of fused-ring (bicyclic) bond motifs is 1.